The predicted molar refractivity (Wildman–Crippen MR) is 92.7 cm³/mol. The Kier molecular flexibility index (Phi) is 3.99. The van der Waals surface area contributed by atoms with Crippen molar-refractivity contribution in [2.45, 2.75) is 6.92 Å². The molecule has 0 amide bonds. The second kappa shape index (κ2) is 5.92. The molecule has 0 radical (unpaired) electrons. The first-order chi connectivity index (χ1) is 10.1. The summed E-state index contributed by atoms with van der Waals surface area (Å²) in [6, 6.07) is 18.2. The van der Waals surface area contributed by atoms with E-state index in [0.717, 1.165) is 32.7 Å². The minimum atomic E-state index is 0.630. The number of nitrogens with one attached hydrogen (secondary N) is 1. The van der Waals surface area contributed by atoms with E-state index in [9.17, 15) is 0 Å². The summed E-state index contributed by atoms with van der Waals surface area (Å²) >= 11 is 8.86. The van der Waals surface area contributed by atoms with Crippen molar-refractivity contribution in [3.05, 3.63) is 69.3 Å². The fourth-order valence-corrected chi connectivity index (χ4v) is 2.63. The maximum Gasteiger partial charge on any atom is 0.139 e. The molecule has 1 heterocycles. The van der Waals surface area contributed by atoms with Crippen LogP contribution < -0.4 is 0 Å². The van der Waals surface area contributed by atoms with Gasteiger partial charge in [-0.15, -0.1) is 0 Å². The van der Waals surface area contributed by atoms with Crippen LogP contribution in [-0.2, 0) is 0 Å². The van der Waals surface area contributed by atoms with Crippen molar-refractivity contribution < 1.29 is 0 Å². The third-order valence-electron chi connectivity index (χ3n) is 3.33. The van der Waals surface area contributed by atoms with Crippen molar-refractivity contribution in [1.29, 1.82) is 0 Å². The molecule has 104 valence electrons. The van der Waals surface area contributed by atoms with E-state index in [4.69, 9.17) is 12.2 Å². The summed E-state index contributed by atoms with van der Waals surface area (Å²) in [7, 11) is 0. The molecule has 0 unspecified atom stereocenters. The lowest BCUT2D eigenvalue weighted by molar-refractivity contribution is 1.12. The van der Waals surface area contributed by atoms with Gasteiger partial charge in [-0.25, -0.2) is 4.98 Å². The largest absolute Gasteiger partial charge is 0.339 e. The van der Waals surface area contributed by atoms with E-state index >= 15 is 0 Å². The fraction of sp³-hybridized carbons (Fsp3) is 0.0588. The van der Waals surface area contributed by atoms with Gasteiger partial charge in [0.2, 0.25) is 0 Å². The lowest BCUT2D eigenvalue weighted by Crippen LogP contribution is -1.97. The Labute approximate surface area is 137 Å². The molecule has 1 N–H and O–H groups in total. The number of hydrogen-bond donors (Lipinski definition) is 1. The van der Waals surface area contributed by atoms with Crippen molar-refractivity contribution in [3.63, 3.8) is 0 Å². The standard InChI is InChI=1S/C17H13BrN2S/c1-11-15(12-5-3-2-4-6-12)19-16(20-17(11)21)13-7-9-14(18)10-8-13/h2-10H,1H3,(H,19,20,21). The molecule has 1 aromatic heterocycles. The molecule has 0 bridgehead atoms. The van der Waals surface area contributed by atoms with Crippen molar-refractivity contribution in [2.75, 3.05) is 0 Å². The molecule has 0 spiro atoms. The molecule has 0 atom stereocenters. The van der Waals surface area contributed by atoms with E-state index in [1.807, 2.05) is 49.4 Å². The van der Waals surface area contributed by atoms with Crippen molar-refractivity contribution in [1.82, 2.24) is 9.97 Å². The van der Waals surface area contributed by atoms with Crippen LogP contribution in [0.1, 0.15) is 5.56 Å². The van der Waals surface area contributed by atoms with Gasteiger partial charge in [0.25, 0.3) is 0 Å². The third kappa shape index (κ3) is 2.96. The highest BCUT2D eigenvalue weighted by molar-refractivity contribution is 9.10. The van der Waals surface area contributed by atoms with E-state index in [1.165, 1.54) is 0 Å². The van der Waals surface area contributed by atoms with Crippen LogP contribution in [0.3, 0.4) is 0 Å². The Balaban J connectivity index is 2.19. The van der Waals surface area contributed by atoms with Crippen molar-refractivity contribution in [3.8, 4) is 22.6 Å². The minimum Gasteiger partial charge on any atom is -0.339 e. The number of aromatic nitrogens is 2. The molecule has 0 saturated carbocycles. The fourth-order valence-electron chi connectivity index (χ4n) is 2.17. The van der Waals surface area contributed by atoms with Gasteiger partial charge in [0.05, 0.1) is 5.69 Å². The van der Waals surface area contributed by atoms with Crippen molar-refractivity contribution >= 4 is 28.1 Å². The van der Waals surface area contributed by atoms with Gasteiger partial charge in [0, 0.05) is 15.6 Å². The van der Waals surface area contributed by atoms with Gasteiger partial charge in [-0.05, 0) is 24.6 Å². The SMILES string of the molecule is Cc1c(-c2ccccc2)[nH]c(-c2ccc(Br)cc2)nc1=S. The molecule has 0 fully saturated rings. The summed E-state index contributed by atoms with van der Waals surface area (Å²) in [6.07, 6.45) is 0. The Hall–Kier alpha value is -1.78. The lowest BCUT2D eigenvalue weighted by atomic mass is 10.1. The quantitative estimate of drug-likeness (QED) is 0.610. The van der Waals surface area contributed by atoms with E-state index in [1.54, 1.807) is 0 Å². The van der Waals surface area contributed by atoms with E-state index in [0.29, 0.717) is 4.64 Å². The molecular weight excluding hydrogens is 344 g/mol. The maximum absolute atomic E-state index is 5.41. The van der Waals surface area contributed by atoms with Gasteiger partial charge in [0.15, 0.2) is 0 Å². The Morgan fingerprint density at radius 2 is 1.62 bits per heavy atom. The van der Waals surface area contributed by atoms with Crippen LogP contribution in [0.4, 0.5) is 0 Å². The first-order valence-corrected chi connectivity index (χ1v) is 7.77. The second-order valence-corrected chi connectivity index (χ2v) is 6.07. The molecule has 4 heteroatoms. The highest BCUT2D eigenvalue weighted by atomic mass is 79.9. The van der Waals surface area contributed by atoms with E-state index in [-0.39, 0.29) is 0 Å². The molecule has 0 aliphatic carbocycles. The zero-order valence-electron chi connectivity index (χ0n) is 11.4. The molecule has 0 aliphatic heterocycles. The molecule has 2 nitrogen and oxygen atoms in total. The number of halogens is 1. The van der Waals surface area contributed by atoms with Crippen LogP contribution >= 0.6 is 28.1 Å². The molecule has 2 aromatic carbocycles. The van der Waals surface area contributed by atoms with Crippen molar-refractivity contribution in [2.24, 2.45) is 0 Å². The first kappa shape index (κ1) is 14.2. The average molecular weight is 357 g/mol. The number of hydrogen-bond acceptors (Lipinski definition) is 2. The summed E-state index contributed by atoms with van der Waals surface area (Å²) in [4.78, 5) is 7.92. The molecule has 0 aliphatic rings. The number of aromatic amines is 1. The Morgan fingerprint density at radius 3 is 2.29 bits per heavy atom. The van der Waals surface area contributed by atoms with Gasteiger partial charge < -0.3 is 4.98 Å². The summed E-state index contributed by atoms with van der Waals surface area (Å²) in [5.41, 5.74) is 4.15. The number of nitrogens with zero attached hydrogens (tertiary/aromatic N) is 1. The normalized spacial score (nSPS) is 10.6. The number of H-pyrrole nitrogens is 1. The monoisotopic (exact) mass is 356 g/mol. The van der Waals surface area contributed by atoms with Gasteiger partial charge >= 0.3 is 0 Å². The van der Waals surface area contributed by atoms with Crippen LogP contribution in [-0.4, -0.2) is 9.97 Å². The molecule has 3 rings (SSSR count). The summed E-state index contributed by atoms with van der Waals surface area (Å²) in [6.45, 7) is 2.00. The summed E-state index contributed by atoms with van der Waals surface area (Å²) in [5.74, 6) is 0.789. The Morgan fingerprint density at radius 1 is 0.952 bits per heavy atom. The molecular formula is C17H13BrN2S. The van der Waals surface area contributed by atoms with Crippen LogP contribution in [0.5, 0.6) is 0 Å². The minimum absolute atomic E-state index is 0.630. The smallest absolute Gasteiger partial charge is 0.139 e. The second-order valence-electron chi connectivity index (χ2n) is 4.76. The summed E-state index contributed by atoms with van der Waals surface area (Å²) in [5, 5.41) is 0. The molecule has 0 saturated heterocycles. The lowest BCUT2D eigenvalue weighted by Gasteiger charge is -2.10. The molecule has 3 aromatic rings. The average Bonchev–Trinajstić information content (AvgIpc) is 2.51. The van der Waals surface area contributed by atoms with Gasteiger partial charge in [-0.1, -0.05) is 70.6 Å². The maximum atomic E-state index is 5.41. The highest BCUT2D eigenvalue weighted by Crippen LogP contribution is 2.25. The van der Waals surface area contributed by atoms with E-state index in [2.05, 4.69) is 38.0 Å². The van der Waals surface area contributed by atoms with Crippen LogP contribution in [0, 0.1) is 11.6 Å². The van der Waals surface area contributed by atoms with Gasteiger partial charge in [-0.3, -0.25) is 0 Å². The summed E-state index contributed by atoms with van der Waals surface area (Å²) < 4.78 is 1.67. The van der Waals surface area contributed by atoms with Crippen LogP contribution in [0.2, 0.25) is 0 Å². The third-order valence-corrected chi connectivity index (χ3v) is 4.26. The Bertz CT molecular complexity index is 824. The van der Waals surface area contributed by atoms with Crippen LogP contribution in [0.15, 0.2) is 59.1 Å². The molecule has 21 heavy (non-hydrogen) atoms. The topological polar surface area (TPSA) is 28.7 Å². The first-order valence-electron chi connectivity index (χ1n) is 6.57. The number of benzene rings is 2. The zero-order chi connectivity index (χ0) is 14.8. The zero-order valence-corrected chi connectivity index (χ0v) is 13.8. The number of rotatable bonds is 2. The predicted octanol–water partition coefficient (Wildman–Crippen LogP) is 5.54. The van der Waals surface area contributed by atoms with Gasteiger partial charge in [-0.2, -0.15) is 0 Å². The van der Waals surface area contributed by atoms with Crippen LogP contribution in [0.25, 0.3) is 22.6 Å². The van der Waals surface area contributed by atoms with E-state index < -0.39 is 0 Å². The highest BCUT2D eigenvalue weighted by Gasteiger charge is 2.08. The van der Waals surface area contributed by atoms with Gasteiger partial charge in [0.1, 0.15) is 10.5 Å².